The Morgan fingerprint density at radius 2 is 1.95 bits per heavy atom. The van der Waals surface area contributed by atoms with Crippen molar-refractivity contribution in [3.05, 3.63) is 57.0 Å². The molecule has 4 nitrogen and oxygen atoms in total. The number of benzene rings is 2. The number of nitrogens with two attached hydrogens (primary N) is 1. The van der Waals surface area contributed by atoms with Gasteiger partial charge in [-0.25, -0.2) is 8.42 Å². The first kappa shape index (κ1) is 16.3. The summed E-state index contributed by atoms with van der Waals surface area (Å²) >= 11 is 9.37. The molecule has 0 amide bonds. The van der Waals surface area contributed by atoms with Gasteiger partial charge in [0.2, 0.25) is 0 Å². The molecule has 7 heteroatoms. The van der Waals surface area contributed by atoms with Gasteiger partial charge in [-0.05, 0) is 48.4 Å². The van der Waals surface area contributed by atoms with Crippen molar-refractivity contribution in [3.8, 4) is 0 Å². The van der Waals surface area contributed by atoms with Crippen LogP contribution in [-0.2, 0) is 16.6 Å². The second-order valence-electron chi connectivity index (χ2n) is 4.54. The van der Waals surface area contributed by atoms with Crippen LogP contribution in [0.25, 0.3) is 0 Å². The van der Waals surface area contributed by atoms with Crippen LogP contribution in [0.3, 0.4) is 0 Å². The average Bonchev–Trinajstić information content (AvgIpc) is 2.43. The number of halogens is 2. The van der Waals surface area contributed by atoms with Gasteiger partial charge in [0.25, 0.3) is 10.0 Å². The molecular weight excluding hydrogens is 376 g/mol. The molecule has 2 aromatic rings. The third-order valence-electron chi connectivity index (χ3n) is 2.93. The molecule has 0 unspecified atom stereocenters. The third-order valence-corrected chi connectivity index (χ3v) is 5.68. The van der Waals surface area contributed by atoms with Crippen molar-refractivity contribution < 1.29 is 8.42 Å². The maximum absolute atomic E-state index is 12.4. The first-order valence-electron chi connectivity index (χ1n) is 6.11. The van der Waals surface area contributed by atoms with Crippen molar-refractivity contribution in [2.24, 2.45) is 5.73 Å². The van der Waals surface area contributed by atoms with Crippen LogP contribution in [0.5, 0.6) is 0 Å². The molecule has 0 heterocycles. The predicted octanol–water partition coefficient (Wildman–Crippen LogP) is 3.67. The van der Waals surface area contributed by atoms with E-state index in [4.69, 9.17) is 17.3 Å². The Labute approximate surface area is 137 Å². The van der Waals surface area contributed by atoms with Crippen LogP contribution in [0, 0.1) is 6.92 Å². The van der Waals surface area contributed by atoms with E-state index < -0.39 is 10.0 Å². The summed E-state index contributed by atoms with van der Waals surface area (Å²) in [5.41, 5.74) is 7.64. The van der Waals surface area contributed by atoms with E-state index in [0.29, 0.717) is 11.3 Å². The second kappa shape index (κ2) is 6.36. The maximum atomic E-state index is 12.4. The van der Waals surface area contributed by atoms with Crippen molar-refractivity contribution in [2.75, 3.05) is 4.72 Å². The van der Waals surface area contributed by atoms with Crippen LogP contribution in [0.2, 0.25) is 5.02 Å². The molecule has 0 aliphatic carbocycles. The second-order valence-corrected chi connectivity index (χ2v) is 7.45. The summed E-state index contributed by atoms with van der Waals surface area (Å²) in [5, 5.41) is 0.161. The van der Waals surface area contributed by atoms with Crippen LogP contribution in [0.15, 0.2) is 45.8 Å². The van der Waals surface area contributed by atoms with Gasteiger partial charge >= 0.3 is 0 Å². The van der Waals surface area contributed by atoms with Crippen LogP contribution >= 0.6 is 27.5 Å². The average molecular weight is 390 g/mol. The van der Waals surface area contributed by atoms with E-state index >= 15 is 0 Å². The summed E-state index contributed by atoms with van der Waals surface area (Å²) in [7, 11) is -3.76. The van der Waals surface area contributed by atoms with E-state index in [-0.39, 0.29) is 16.5 Å². The van der Waals surface area contributed by atoms with Crippen molar-refractivity contribution in [1.29, 1.82) is 0 Å². The summed E-state index contributed by atoms with van der Waals surface area (Å²) in [5.74, 6) is 0. The van der Waals surface area contributed by atoms with Crippen molar-refractivity contribution >= 4 is 43.2 Å². The zero-order valence-corrected chi connectivity index (χ0v) is 14.4. The first-order chi connectivity index (χ1) is 9.83. The van der Waals surface area contributed by atoms with Crippen LogP contribution < -0.4 is 10.5 Å². The molecule has 0 saturated heterocycles. The third kappa shape index (κ3) is 3.77. The molecule has 21 heavy (non-hydrogen) atoms. The Kier molecular flexibility index (Phi) is 4.93. The van der Waals surface area contributed by atoms with Gasteiger partial charge in [-0.15, -0.1) is 0 Å². The smallest absolute Gasteiger partial charge is 0.263 e. The Balaban J connectivity index is 2.40. The normalized spacial score (nSPS) is 11.4. The SMILES string of the molecule is Cc1cc(NS(=O)(=O)c2cc(CN)ccc2Cl)ccc1Br. The van der Waals surface area contributed by atoms with E-state index in [1.54, 1.807) is 24.3 Å². The van der Waals surface area contributed by atoms with E-state index in [9.17, 15) is 8.42 Å². The molecular formula is C14H14BrClN2O2S. The minimum absolute atomic E-state index is 0.0210. The van der Waals surface area contributed by atoms with Gasteiger partial charge in [0.15, 0.2) is 0 Å². The molecule has 0 aliphatic rings. The molecule has 2 rings (SSSR count). The number of hydrogen-bond acceptors (Lipinski definition) is 3. The summed E-state index contributed by atoms with van der Waals surface area (Å²) in [6.45, 7) is 2.13. The highest BCUT2D eigenvalue weighted by Crippen LogP contribution is 2.26. The first-order valence-corrected chi connectivity index (χ1v) is 8.76. The molecule has 0 spiro atoms. The zero-order valence-electron chi connectivity index (χ0n) is 11.2. The zero-order chi connectivity index (χ0) is 15.6. The molecule has 3 N–H and O–H groups in total. The van der Waals surface area contributed by atoms with Crippen molar-refractivity contribution in [1.82, 2.24) is 0 Å². The lowest BCUT2D eigenvalue weighted by Crippen LogP contribution is -2.14. The molecule has 2 aromatic carbocycles. The fourth-order valence-corrected chi connectivity index (χ4v) is 3.65. The van der Waals surface area contributed by atoms with Gasteiger partial charge in [0, 0.05) is 16.7 Å². The molecule has 0 aliphatic heterocycles. The molecule has 0 radical (unpaired) electrons. The van der Waals surface area contributed by atoms with Gasteiger partial charge in [-0.2, -0.15) is 0 Å². The largest absolute Gasteiger partial charge is 0.326 e. The molecule has 0 atom stereocenters. The fraction of sp³-hybridized carbons (Fsp3) is 0.143. The number of sulfonamides is 1. The van der Waals surface area contributed by atoms with Gasteiger partial charge in [0.1, 0.15) is 4.90 Å². The Morgan fingerprint density at radius 1 is 1.24 bits per heavy atom. The number of anilines is 1. The van der Waals surface area contributed by atoms with Gasteiger partial charge in [-0.3, -0.25) is 4.72 Å². The maximum Gasteiger partial charge on any atom is 0.263 e. The van der Waals surface area contributed by atoms with E-state index in [1.165, 1.54) is 12.1 Å². The monoisotopic (exact) mass is 388 g/mol. The quantitative estimate of drug-likeness (QED) is 0.838. The Hall–Kier alpha value is -1.08. The number of hydrogen-bond donors (Lipinski definition) is 2. The van der Waals surface area contributed by atoms with Crippen molar-refractivity contribution in [3.63, 3.8) is 0 Å². The lowest BCUT2D eigenvalue weighted by atomic mass is 10.2. The highest BCUT2D eigenvalue weighted by atomic mass is 79.9. The lowest BCUT2D eigenvalue weighted by molar-refractivity contribution is 0.601. The van der Waals surface area contributed by atoms with Crippen molar-refractivity contribution in [2.45, 2.75) is 18.4 Å². The minimum Gasteiger partial charge on any atom is -0.326 e. The summed E-state index contributed by atoms with van der Waals surface area (Å²) < 4.78 is 28.3. The van der Waals surface area contributed by atoms with Gasteiger partial charge in [-0.1, -0.05) is 33.6 Å². The Morgan fingerprint density at radius 3 is 2.57 bits per heavy atom. The summed E-state index contributed by atoms with van der Waals surface area (Å²) in [6, 6.07) is 9.91. The van der Waals surface area contributed by atoms with Crippen LogP contribution in [0.1, 0.15) is 11.1 Å². The van der Waals surface area contributed by atoms with E-state index in [0.717, 1.165) is 10.0 Å². The molecule has 112 valence electrons. The Bertz CT molecular complexity index is 779. The summed E-state index contributed by atoms with van der Waals surface area (Å²) in [4.78, 5) is 0.0210. The minimum atomic E-state index is -3.76. The van der Waals surface area contributed by atoms with Gasteiger partial charge in [0.05, 0.1) is 5.02 Å². The van der Waals surface area contributed by atoms with Crippen LogP contribution in [0.4, 0.5) is 5.69 Å². The van der Waals surface area contributed by atoms with E-state index in [1.807, 2.05) is 6.92 Å². The molecule has 0 saturated carbocycles. The molecule has 0 aromatic heterocycles. The standard InChI is InChI=1S/C14H14BrClN2O2S/c1-9-6-11(3-4-12(9)15)18-21(19,20)14-7-10(8-17)2-5-13(14)16/h2-7,18H,8,17H2,1H3. The predicted molar refractivity (Wildman–Crippen MR) is 89.0 cm³/mol. The summed E-state index contributed by atoms with van der Waals surface area (Å²) in [6.07, 6.45) is 0. The topological polar surface area (TPSA) is 72.2 Å². The number of nitrogens with one attached hydrogen (secondary N) is 1. The molecule has 0 fully saturated rings. The highest BCUT2D eigenvalue weighted by molar-refractivity contribution is 9.10. The molecule has 0 bridgehead atoms. The van der Waals surface area contributed by atoms with Crippen LogP contribution in [-0.4, -0.2) is 8.42 Å². The van der Waals surface area contributed by atoms with Gasteiger partial charge < -0.3 is 5.73 Å². The van der Waals surface area contributed by atoms with E-state index in [2.05, 4.69) is 20.7 Å². The number of rotatable bonds is 4. The number of aryl methyl sites for hydroxylation is 1. The lowest BCUT2D eigenvalue weighted by Gasteiger charge is -2.11. The fourth-order valence-electron chi connectivity index (χ4n) is 1.80. The highest BCUT2D eigenvalue weighted by Gasteiger charge is 2.18.